The summed E-state index contributed by atoms with van der Waals surface area (Å²) >= 11 is 0. The SMILES string of the molecule is COc1cccc(S(=O)Cc2ncncc2C(=O)O)c1. The second-order valence-electron chi connectivity index (χ2n) is 3.86. The van der Waals surface area contributed by atoms with Crippen molar-refractivity contribution in [1.29, 1.82) is 0 Å². The second-order valence-corrected chi connectivity index (χ2v) is 5.31. The fraction of sp³-hybridized carbons (Fsp3) is 0.154. The molecule has 6 nitrogen and oxygen atoms in total. The molecule has 0 aliphatic heterocycles. The Morgan fingerprint density at radius 2 is 2.25 bits per heavy atom. The molecule has 0 amide bonds. The minimum Gasteiger partial charge on any atom is -0.497 e. The molecule has 1 heterocycles. The number of hydrogen-bond donors (Lipinski definition) is 1. The van der Waals surface area contributed by atoms with Crippen molar-refractivity contribution >= 4 is 16.8 Å². The van der Waals surface area contributed by atoms with Crippen molar-refractivity contribution in [1.82, 2.24) is 9.97 Å². The lowest BCUT2D eigenvalue weighted by atomic mass is 10.2. The average Bonchev–Trinajstić information content (AvgIpc) is 2.47. The van der Waals surface area contributed by atoms with Gasteiger partial charge in [-0.15, -0.1) is 0 Å². The van der Waals surface area contributed by atoms with Crippen LogP contribution in [0, 0.1) is 0 Å². The van der Waals surface area contributed by atoms with E-state index in [0.29, 0.717) is 10.6 Å². The predicted molar refractivity (Wildman–Crippen MR) is 72.1 cm³/mol. The molecule has 2 rings (SSSR count). The Bertz CT molecular complexity index is 660. The molecule has 1 unspecified atom stereocenters. The van der Waals surface area contributed by atoms with Crippen LogP contribution < -0.4 is 4.74 Å². The third-order valence-electron chi connectivity index (χ3n) is 2.60. The zero-order chi connectivity index (χ0) is 14.5. The van der Waals surface area contributed by atoms with E-state index in [4.69, 9.17) is 9.84 Å². The molecule has 0 saturated heterocycles. The van der Waals surface area contributed by atoms with Crippen molar-refractivity contribution in [2.45, 2.75) is 10.6 Å². The molecule has 0 saturated carbocycles. The monoisotopic (exact) mass is 292 g/mol. The number of carbonyl (C=O) groups is 1. The van der Waals surface area contributed by atoms with Crippen molar-refractivity contribution in [3.05, 3.63) is 48.0 Å². The highest BCUT2D eigenvalue weighted by molar-refractivity contribution is 7.84. The highest BCUT2D eigenvalue weighted by atomic mass is 32.2. The zero-order valence-corrected chi connectivity index (χ0v) is 11.5. The van der Waals surface area contributed by atoms with Gasteiger partial charge in [0.05, 0.1) is 29.4 Å². The molecule has 7 heteroatoms. The number of methoxy groups -OCH3 is 1. The molecule has 2 aromatic rings. The van der Waals surface area contributed by atoms with E-state index in [9.17, 15) is 9.00 Å². The molecular weight excluding hydrogens is 280 g/mol. The summed E-state index contributed by atoms with van der Waals surface area (Å²) in [5.74, 6) is -0.530. The van der Waals surface area contributed by atoms with Gasteiger partial charge in [0.15, 0.2) is 0 Å². The third-order valence-corrected chi connectivity index (χ3v) is 3.91. The largest absolute Gasteiger partial charge is 0.497 e. The molecule has 0 aliphatic rings. The van der Waals surface area contributed by atoms with E-state index in [2.05, 4.69) is 9.97 Å². The molecule has 20 heavy (non-hydrogen) atoms. The lowest BCUT2D eigenvalue weighted by Crippen LogP contribution is -2.08. The first-order chi connectivity index (χ1) is 9.61. The molecule has 1 N–H and O–H groups in total. The summed E-state index contributed by atoms with van der Waals surface area (Å²) in [4.78, 5) is 19.2. The van der Waals surface area contributed by atoms with Gasteiger partial charge >= 0.3 is 5.97 Å². The summed E-state index contributed by atoms with van der Waals surface area (Å²) in [6.07, 6.45) is 2.44. The fourth-order valence-corrected chi connectivity index (χ4v) is 2.72. The summed E-state index contributed by atoms with van der Waals surface area (Å²) in [7, 11) is 0.116. The number of carboxylic acid groups (broad SMARTS) is 1. The number of benzene rings is 1. The summed E-state index contributed by atoms with van der Waals surface area (Å²) in [5, 5.41) is 9.03. The van der Waals surface area contributed by atoms with E-state index in [1.807, 2.05) is 0 Å². The number of aromatic nitrogens is 2. The van der Waals surface area contributed by atoms with Crippen LogP contribution in [0.1, 0.15) is 16.1 Å². The zero-order valence-electron chi connectivity index (χ0n) is 10.6. The van der Waals surface area contributed by atoms with E-state index in [1.165, 1.54) is 19.6 Å². The number of hydrogen-bond acceptors (Lipinski definition) is 5. The molecule has 0 aliphatic carbocycles. The normalized spacial score (nSPS) is 11.8. The van der Waals surface area contributed by atoms with Crippen LogP contribution in [0.5, 0.6) is 5.75 Å². The van der Waals surface area contributed by atoms with Gasteiger partial charge in [-0.2, -0.15) is 0 Å². The highest BCUT2D eigenvalue weighted by Crippen LogP contribution is 2.18. The molecule has 1 atom stereocenters. The standard InChI is InChI=1S/C13H12N2O4S/c1-19-9-3-2-4-10(5-9)20(18)7-12-11(13(16)17)6-14-8-15-12/h2-6,8H,7H2,1H3,(H,16,17). The van der Waals surface area contributed by atoms with Gasteiger partial charge in [0.1, 0.15) is 17.6 Å². The van der Waals surface area contributed by atoms with Crippen LogP contribution >= 0.6 is 0 Å². The minimum atomic E-state index is -1.41. The first kappa shape index (κ1) is 14.1. The van der Waals surface area contributed by atoms with Crippen LogP contribution in [0.3, 0.4) is 0 Å². The van der Waals surface area contributed by atoms with Crippen molar-refractivity contribution in [3.63, 3.8) is 0 Å². The Morgan fingerprint density at radius 1 is 1.45 bits per heavy atom. The Balaban J connectivity index is 2.25. The van der Waals surface area contributed by atoms with Gasteiger partial charge in [0.2, 0.25) is 0 Å². The van der Waals surface area contributed by atoms with E-state index >= 15 is 0 Å². The van der Waals surface area contributed by atoms with Crippen LogP contribution in [0.25, 0.3) is 0 Å². The van der Waals surface area contributed by atoms with Gasteiger partial charge in [-0.05, 0) is 18.2 Å². The molecular formula is C13H12N2O4S. The molecule has 0 spiro atoms. The fourth-order valence-electron chi connectivity index (χ4n) is 1.60. The average molecular weight is 292 g/mol. The van der Waals surface area contributed by atoms with Crippen molar-refractivity contribution < 1.29 is 18.8 Å². The summed E-state index contributed by atoms with van der Waals surface area (Å²) in [6.45, 7) is 0. The van der Waals surface area contributed by atoms with E-state index in [-0.39, 0.29) is 17.0 Å². The third kappa shape index (κ3) is 3.18. The van der Waals surface area contributed by atoms with E-state index in [1.54, 1.807) is 24.3 Å². The molecule has 0 radical (unpaired) electrons. The van der Waals surface area contributed by atoms with Gasteiger partial charge in [0, 0.05) is 11.1 Å². The van der Waals surface area contributed by atoms with Crippen LogP contribution in [0.4, 0.5) is 0 Å². The maximum atomic E-state index is 12.3. The van der Waals surface area contributed by atoms with Gasteiger partial charge < -0.3 is 9.84 Å². The maximum Gasteiger partial charge on any atom is 0.339 e. The lowest BCUT2D eigenvalue weighted by Gasteiger charge is -2.06. The van der Waals surface area contributed by atoms with Crippen molar-refractivity contribution in [3.8, 4) is 5.75 Å². The summed E-state index contributed by atoms with van der Waals surface area (Å²) < 4.78 is 17.3. The molecule has 1 aromatic carbocycles. The topological polar surface area (TPSA) is 89.4 Å². The Hall–Kier alpha value is -2.28. The first-order valence-electron chi connectivity index (χ1n) is 5.66. The Morgan fingerprint density at radius 3 is 2.95 bits per heavy atom. The molecule has 0 bridgehead atoms. The Kier molecular flexibility index (Phi) is 4.41. The van der Waals surface area contributed by atoms with Crippen LogP contribution in [-0.4, -0.2) is 32.4 Å². The van der Waals surface area contributed by atoms with Gasteiger partial charge in [-0.3, -0.25) is 4.21 Å². The minimum absolute atomic E-state index is 0.0112. The maximum absolute atomic E-state index is 12.3. The van der Waals surface area contributed by atoms with Crippen molar-refractivity contribution in [2.24, 2.45) is 0 Å². The number of ether oxygens (including phenoxy) is 1. The Labute approximate surface area is 117 Å². The summed E-state index contributed by atoms with van der Waals surface area (Å²) in [6, 6.07) is 6.82. The molecule has 104 valence electrons. The van der Waals surface area contributed by atoms with Gasteiger partial charge in [-0.25, -0.2) is 14.8 Å². The van der Waals surface area contributed by atoms with Gasteiger partial charge in [0.25, 0.3) is 0 Å². The number of rotatable bonds is 5. The lowest BCUT2D eigenvalue weighted by molar-refractivity contribution is 0.0695. The van der Waals surface area contributed by atoms with Crippen molar-refractivity contribution in [2.75, 3.05) is 7.11 Å². The van der Waals surface area contributed by atoms with Crippen LogP contribution in [-0.2, 0) is 16.6 Å². The van der Waals surface area contributed by atoms with Crippen LogP contribution in [0.15, 0.2) is 41.7 Å². The van der Waals surface area contributed by atoms with E-state index < -0.39 is 16.8 Å². The van der Waals surface area contributed by atoms with E-state index in [0.717, 1.165) is 0 Å². The van der Waals surface area contributed by atoms with Gasteiger partial charge in [-0.1, -0.05) is 6.07 Å². The molecule has 1 aromatic heterocycles. The second kappa shape index (κ2) is 6.25. The smallest absolute Gasteiger partial charge is 0.339 e. The molecule has 0 fully saturated rings. The van der Waals surface area contributed by atoms with Crippen LogP contribution in [0.2, 0.25) is 0 Å². The first-order valence-corrected chi connectivity index (χ1v) is 6.98. The highest BCUT2D eigenvalue weighted by Gasteiger charge is 2.15. The number of carboxylic acids is 1. The number of aromatic carboxylic acids is 1. The quantitative estimate of drug-likeness (QED) is 0.898. The number of nitrogens with zero attached hydrogens (tertiary/aromatic N) is 2. The predicted octanol–water partition coefficient (Wildman–Crippen LogP) is 1.49. The summed E-state index contributed by atoms with van der Waals surface area (Å²) in [5.41, 5.74) is 0.206.